The average molecular weight is 294 g/mol. The van der Waals surface area contributed by atoms with Crippen molar-refractivity contribution in [2.24, 2.45) is 7.05 Å². The summed E-state index contributed by atoms with van der Waals surface area (Å²) in [6.45, 7) is 0. The molecule has 0 fully saturated rings. The highest BCUT2D eigenvalue weighted by Gasteiger charge is 2.17. The lowest BCUT2D eigenvalue weighted by atomic mass is 10.0. The van der Waals surface area contributed by atoms with Crippen LogP contribution in [0.4, 0.5) is 4.39 Å². The lowest BCUT2D eigenvalue weighted by Crippen LogP contribution is -2.29. The minimum atomic E-state index is -0.375. The van der Waals surface area contributed by atoms with E-state index < -0.39 is 0 Å². The highest BCUT2D eigenvalue weighted by Crippen LogP contribution is 2.25. The Hall–Kier alpha value is -3.20. The summed E-state index contributed by atoms with van der Waals surface area (Å²) in [5.41, 5.74) is 2.30. The molecule has 0 aliphatic rings. The number of hydrogen-bond donors (Lipinski definition) is 0. The quantitative estimate of drug-likeness (QED) is 0.538. The van der Waals surface area contributed by atoms with Crippen LogP contribution < -0.4 is 4.73 Å². The molecule has 0 spiro atoms. The van der Waals surface area contributed by atoms with Gasteiger partial charge in [0.2, 0.25) is 5.69 Å². The molecule has 0 N–H and O–H groups in total. The van der Waals surface area contributed by atoms with Crippen LogP contribution in [0.5, 0.6) is 0 Å². The van der Waals surface area contributed by atoms with Crippen molar-refractivity contribution in [3.05, 3.63) is 65.4 Å². The van der Waals surface area contributed by atoms with Crippen molar-refractivity contribution in [1.29, 1.82) is 5.26 Å². The molecular weight excluding hydrogens is 283 g/mol. The molecule has 0 bridgehead atoms. The van der Waals surface area contributed by atoms with Gasteiger partial charge in [-0.1, -0.05) is 0 Å². The van der Waals surface area contributed by atoms with E-state index in [0.717, 1.165) is 0 Å². The first-order chi connectivity index (χ1) is 10.6. The van der Waals surface area contributed by atoms with Crippen LogP contribution in [-0.2, 0) is 7.05 Å². The fourth-order valence-electron chi connectivity index (χ4n) is 2.23. The molecule has 0 atom stereocenters. The minimum Gasteiger partial charge on any atom is -0.618 e. The predicted octanol–water partition coefficient (Wildman–Crippen LogP) is 2.40. The molecule has 0 aliphatic heterocycles. The molecule has 0 amide bonds. The maximum atomic E-state index is 13.0. The summed E-state index contributed by atoms with van der Waals surface area (Å²) in [4.78, 5) is 0. The largest absolute Gasteiger partial charge is 0.618 e. The topological polar surface area (TPSA) is 68.5 Å². The van der Waals surface area contributed by atoms with Crippen LogP contribution in [0.3, 0.4) is 0 Å². The van der Waals surface area contributed by atoms with Crippen LogP contribution in [0.25, 0.3) is 22.5 Å². The highest BCUT2D eigenvalue weighted by atomic mass is 19.1. The normalized spacial score (nSPS) is 10.4. The van der Waals surface area contributed by atoms with Gasteiger partial charge < -0.3 is 5.21 Å². The second kappa shape index (κ2) is 5.30. The van der Waals surface area contributed by atoms with Gasteiger partial charge in [-0.2, -0.15) is 15.1 Å². The van der Waals surface area contributed by atoms with Crippen LogP contribution in [0.2, 0.25) is 0 Å². The molecule has 5 nitrogen and oxygen atoms in total. The Morgan fingerprint density at radius 1 is 1.27 bits per heavy atom. The van der Waals surface area contributed by atoms with E-state index in [4.69, 9.17) is 0 Å². The van der Waals surface area contributed by atoms with Gasteiger partial charge in [0.1, 0.15) is 17.4 Å². The Morgan fingerprint density at radius 2 is 2.00 bits per heavy atom. The number of pyridine rings is 1. The summed E-state index contributed by atoms with van der Waals surface area (Å²) < 4.78 is 15.3. The average Bonchev–Trinajstić information content (AvgIpc) is 2.94. The fourth-order valence-corrected chi connectivity index (χ4v) is 2.23. The van der Waals surface area contributed by atoms with Gasteiger partial charge in [-0.3, -0.25) is 4.68 Å². The van der Waals surface area contributed by atoms with Crippen molar-refractivity contribution in [1.82, 2.24) is 9.78 Å². The van der Waals surface area contributed by atoms with E-state index in [0.29, 0.717) is 27.2 Å². The van der Waals surface area contributed by atoms with Crippen LogP contribution in [-0.4, -0.2) is 9.78 Å². The van der Waals surface area contributed by atoms with Crippen LogP contribution >= 0.6 is 0 Å². The SMILES string of the molecule is Cn1ccc(-c2cc(-c3ccc(F)cc3)[n+]([O-])cc2C#N)n1. The third-order valence-corrected chi connectivity index (χ3v) is 3.31. The van der Waals surface area contributed by atoms with Crippen molar-refractivity contribution in [3.8, 4) is 28.6 Å². The molecule has 3 aromatic rings. The highest BCUT2D eigenvalue weighted by molar-refractivity contribution is 5.71. The van der Waals surface area contributed by atoms with Gasteiger partial charge in [0.25, 0.3) is 0 Å². The fraction of sp³-hybridized carbons (Fsp3) is 0.0625. The zero-order valence-electron chi connectivity index (χ0n) is 11.7. The van der Waals surface area contributed by atoms with Crippen molar-refractivity contribution in [2.75, 3.05) is 0 Å². The lowest BCUT2D eigenvalue weighted by molar-refractivity contribution is -0.593. The van der Waals surface area contributed by atoms with Crippen molar-refractivity contribution in [2.45, 2.75) is 0 Å². The first-order valence-corrected chi connectivity index (χ1v) is 6.52. The predicted molar refractivity (Wildman–Crippen MR) is 77.7 cm³/mol. The van der Waals surface area contributed by atoms with Crippen LogP contribution in [0.15, 0.2) is 48.8 Å². The van der Waals surface area contributed by atoms with E-state index in [1.165, 1.54) is 30.5 Å². The zero-order valence-corrected chi connectivity index (χ0v) is 11.7. The molecule has 6 heteroatoms. The second-order valence-corrected chi connectivity index (χ2v) is 4.81. The number of rotatable bonds is 2. The molecule has 3 rings (SSSR count). The Labute approximate surface area is 126 Å². The molecule has 2 heterocycles. The monoisotopic (exact) mass is 294 g/mol. The molecule has 108 valence electrons. The van der Waals surface area contributed by atoms with Gasteiger partial charge in [-0.15, -0.1) is 0 Å². The Bertz CT molecular complexity index is 878. The molecule has 0 radical (unpaired) electrons. The summed E-state index contributed by atoms with van der Waals surface area (Å²) in [6, 6.07) is 11.0. The number of nitrogens with zero attached hydrogens (tertiary/aromatic N) is 4. The van der Waals surface area contributed by atoms with E-state index in [1.807, 2.05) is 6.07 Å². The number of aromatic nitrogens is 3. The number of hydrogen-bond acceptors (Lipinski definition) is 3. The van der Waals surface area contributed by atoms with Gasteiger partial charge in [-0.05, 0) is 30.3 Å². The number of halogens is 1. The standard InChI is InChI=1S/C16H11FN4O/c1-20-7-6-15(19-20)14-8-16(21(22)10-12(14)9-18)11-2-4-13(17)5-3-11/h2-8,10H,1H3. The Kier molecular flexibility index (Phi) is 3.31. The Balaban J connectivity index is 2.20. The number of aryl methyl sites for hydroxylation is 1. The van der Waals surface area contributed by atoms with Gasteiger partial charge >= 0.3 is 0 Å². The molecule has 0 saturated heterocycles. The van der Waals surface area contributed by atoms with Gasteiger partial charge in [-0.25, -0.2) is 4.39 Å². The van der Waals surface area contributed by atoms with Crippen molar-refractivity contribution >= 4 is 0 Å². The molecule has 1 aromatic carbocycles. The smallest absolute Gasteiger partial charge is 0.224 e. The minimum absolute atomic E-state index is 0.236. The Morgan fingerprint density at radius 3 is 2.59 bits per heavy atom. The van der Waals surface area contributed by atoms with Crippen LogP contribution in [0.1, 0.15) is 5.56 Å². The van der Waals surface area contributed by atoms with Gasteiger partial charge in [0.05, 0.1) is 5.69 Å². The summed E-state index contributed by atoms with van der Waals surface area (Å²) in [5.74, 6) is -0.375. The van der Waals surface area contributed by atoms with Gasteiger partial charge in [0.15, 0.2) is 6.20 Å². The van der Waals surface area contributed by atoms with Gasteiger partial charge in [0, 0.05) is 30.4 Å². The summed E-state index contributed by atoms with van der Waals surface area (Å²) in [7, 11) is 1.77. The first-order valence-electron chi connectivity index (χ1n) is 6.52. The lowest BCUT2D eigenvalue weighted by Gasteiger charge is -2.08. The van der Waals surface area contributed by atoms with E-state index in [-0.39, 0.29) is 11.4 Å². The molecule has 0 unspecified atom stereocenters. The zero-order chi connectivity index (χ0) is 15.7. The molecule has 2 aromatic heterocycles. The number of benzene rings is 1. The number of nitriles is 1. The summed E-state index contributed by atoms with van der Waals surface area (Å²) >= 11 is 0. The van der Waals surface area contributed by atoms with Crippen molar-refractivity contribution in [3.63, 3.8) is 0 Å². The van der Waals surface area contributed by atoms with E-state index in [2.05, 4.69) is 5.10 Å². The molecular formula is C16H11FN4O. The summed E-state index contributed by atoms with van der Waals surface area (Å²) in [6.07, 6.45) is 2.97. The van der Waals surface area contributed by atoms with Crippen LogP contribution in [0, 0.1) is 22.4 Å². The third-order valence-electron chi connectivity index (χ3n) is 3.31. The first kappa shape index (κ1) is 13.8. The maximum Gasteiger partial charge on any atom is 0.224 e. The third kappa shape index (κ3) is 2.40. The van der Waals surface area contributed by atoms with Crippen molar-refractivity contribution < 1.29 is 9.12 Å². The second-order valence-electron chi connectivity index (χ2n) is 4.81. The maximum absolute atomic E-state index is 13.0. The molecule has 0 aliphatic carbocycles. The molecule has 22 heavy (non-hydrogen) atoms. The summed E-state index contributed by atoms with van der Waals surface area (Å²) in [5, 5.41) is 25.6. The van der Waals surface area contributed by atoms with E-state index >= 15 is 0 Å². The molecule has 0 saturated carbocycles. The van der Waals surface area contributed by atoms with E-state index in [1.54, 1.807) is 30.1 Å². The van der Waals surface area contributed by atoms with E-state index in [9.17, 15) is 14.9 Å².